The van der Waals surface area contributed by atoms with E-state index in [-0.39, 0.29) is 11.7 Å². The molecule has 0 bridgehead atoms. The van der Waals surface area contributed by atoms with Crippen molar-refractivity contribution < 1.29 is 4.39 Å². The Kier molecular flexibility index (Phi) is 4.93. The van der Waals surface area contributed by atoms with E-state index in [9.17, 15) is 4.39 Å². The van der Waals surface area contributed by atoms with E-state index in [1.54, 1.807) is 6.07 Å². The second-order valence-electron chi connectivity index (χ2n) is 5.24. The molecule has 0 unspecified atom stereocenters. The minimum Gasteiger partial charge on any atom is -0.369 e. The van der Waals surface area contributed by atoms with E-state index in [1.807, 2.05) is 13.8 Å². The molecule has 1 N–H and O–H groups in total. The molecule has 0 radical (unpaired) electrons. The molecule has 0 aliphatic rings. The molecule has 3 nitrogen and oxygen atoms in total. The summed E-state index contributed by atoms with van der Waals surface area (Å²) >= 11 is 3.56. The molecule has 1 aromatic carbocycles. The molecule has 0 saturated carbocycles. The van der Waals surface area contributed by atoms with Crippen LogP contribution in [0.5, 0.6) is 0 Å². The zero-order valence-corrected chi connectivity index (χ0v) is 14.3. The number of halogens is 2. The minimum atomic E-state index is -0.279. The molecule has 0 aliphatic carbocycles. The van der Waals surface area contributed by atoms with Gasteiger partial charge >= 0.3 is 0 Å². The van der Waals surface area contributed by atoms with Crippen LogP contribution in [0.2, 0.25) is 0 Å². The fourth-order valence-corrected chi connectivity index (χ4v) is 2.86. The number of aryl methyl sites for hydroxylation is 1. The second-order valence-corrected chi connectivity index (χ2v) is 6.03. The van der Waals surface area contributed by atoms with Crippen molar-refractivity contribution in [2.75, 3.05) is 11.9 Å². The number of nitrogens with one attached hydrogen (secondary N) is 1. The van der Waals surface area contributed by atoms with Gasteiger partial charge in [-0.05, 0) is 53.4 Å². The molecule has 2 aromatic rings. The largest absolute Gasteiger partial charge is 0.369 e. The fourth-order valence-electron chi connectivity index (χ4n) is 2.09. The third-order valence-corrected chi connectivity index (χ3v) is 3.99. The summed E-state index contributed by atoms with van der Waals surface area (Å²) in [4.78, 5) is 9.16. The predicted molar refractivity (Wildman–Crippen MR) is 88.1 cm³/mol. The number of hydrogen-bond donors (Lipinski definition) is 1. The molecule has 1 aromatic heterocycles. The fraction of sp³-hybridized carbons (Fsp3) is 0.375. The molecule has 112 valence electrons. The highest BCUT2D eigenvalue weighted by Gasteiger charge is 2.16. The van der Waals surface area contributed by atoms with Crippen LogP contribution in [0, 0.1) is 12.7 Å². The van der Waals surface area contributed by atoms with Crippen molar-refractivity contribution >= 4 is 21.7 Å². The van der Waals surface area contributed by atoms with Gasteiger partial charge in [0.05, 0.1) is 10.2 Å². The first kappa shape index (κ1) is 15.9. The van der Waals surface area contributed by atoms with Gasteiger partial charge in [-0.3, -0.25) is 0 Å². The van der Waals surface area contributed by atoms with Crippen LogP contribution in [-0.2, 0) is 0 Å². The number of nitrogens with zero attached hydrogens (tertiary/aromatic N) is 2. The van der Waals surface area contributed by atoms with Crippen LogP contribution in [0.1, 0.15) is 37.9 Å². The van der Waals surface area contributed by atoms with E-state index in [2.05, 4.69) is 45.1 Å². The molecule has 2 rings (SSSR count). The third kappa shape index (κ3) is 3.40. The van der Waals surface area contributed by atoms with E-state index in [0.717, 1.165) is 33.7 Å². The summed E-state index contributed by atoms with van der Waals surface area (Å²) in [5, 5.41) is 3.22. The van der Waals surface area contributed by atoms with Crippen molar-refractivity contribution in [3.8, 4) is 11.4 Å². The Morgan fingerprint density at radius 2 is 2.00 bits per heavy atom. The number of rotatable bonds is 4. The molecular formula is C16H19BrFN3. The quantitative estimate of drug-likeness (QED) is 0.850. The van der Waals surface area contributed by atoms with Crippen LogP contribution in [0.25, 0.3) is 11.4 Å². The average Bonchev–Trinajstić information content (AvgIpc) is 2.43. The zero-order valence-electron chi connectivity index (χ0n) is 12.7. The van der Waals surface area contributed by atoms with Gasteiger partial charge in [-0.15, -0.1) is 0 Å². The van der Waals surface area contributed by atoms with Gasteiger partial charge in [0.25, 0.3) is 0 Å². The van der Waals surface area contributed by atoms with Gasteiger partial charge in [0, 0.05) is 12.1 Å². The molecule has 21 heavy (non-hydrogen) atoms. The molecule has 0 fully saturated rings. The molecule has 0 aliphatic heterocycles. The van der Waals surface area contributed by atoms with Crippen LogP contribution in [0.15, 0.2) is 22.7 Å². The highest BCUT2D eigenvalue weighted by atomic mass is 79.9. The second kappa shape index (κ2) is 6.52. The first-order valence-electron chi connectivity index (χ1n) is 7.01. The molecule has 0 atom stereocenters. The number of aromatic nitrogens is 2. The Hall–Kier alpha value is -1.49. The molecule has 0 spiro atoms. The standard InChI is InChI=1S/C16H19BrFN3/c1-5-19-16-13(17)14(9(2)3)20-15(21-16)12-8-11(18)7-6-10(12)4/h6-9H,5H2,1-4H3,(H,19,20,21). The third-order valence-electron chi connectivity index (χ3n) is 3.21. The Morgan fingerprint density at radius 3 is 2.62 bits per heavy atom. The van der Waals surface area contributed by atoms with Gasteiger partial charge in [-0.25, -0.2) is 14.4 Å². The van der Waals surface area contributed by atoms with Crippen molar-refractivity contribution in [2.45, 2.75) is 33.6 Å². The Bertz CT molecular complexity index is 656. The molecule has 0 amide bonds. The number of anilines is 1. The summed E-state index contributed by atoms with van der Waals surface area (Å²) in [6, 6.07) is 4.68. The Labute approximate surface area is 133 Å². The maximum Gasteiger partial charge on any atom is 0.162 e. The smallest absolute Gasteiger partial charge is 0.162 e. The molecule has 0 saturated heterocycles. The lowest BCUT2D eigenvalue weighted by atomic mass is 10.1. The van der Waals surface area contributed by atoms with Gasteiger partial charge in [0.2, 0.25) is 0 Å². The highest BCUT2D eigenvalue weighted by Crippen LogP contribution is 2.32. The number of hydrogen-bond acceptors (Lipinski definition) is 3. The van der Waals surface area contributed by atoms with Crippen LogP contribution >= 0.6 is 15.9 Å². The van der Waals surface area contributed by atoms with Crippen molar-refractivity contribution in [3.63, 3.8) is 0 Å². The summed E-state index contributed by atoms with van der Waals surface area (Å²) in [5.74, 6) is 1.26. The van der Waals surface area contributed by atoms with E-state index < -0.39 is 0 Å². The van der Waals surface area contributed by atoms with E-state index in [1.165, 1.54) is 12.1 Å². The summed E-state index contributed by atoms with van der Waals surface area (Å²) in [6.07, 6.45) is 0. The van der Waals surface area contributed by atoms with E-state index >= 15 is 0 Å². The summed E-state index contributed by atoms with van der Waals surface area (Å²) in [5.41, 5.74) is 2.60. The van der Waals surface area contributed by atoms with Crippen LogP contribution in [0.4, 0.5) is 10.2 Å². The maximum absolute atomic E-state index is 13.5. The van der Waals surface area contributed by atoms with Gasteiger partial charge < -0.3 is 5.32 Å². The van der Waals surface area contributed by atoms with Gasteiger partial charge in [0.15, 0.2) is 5.82 Å². The summed E-state index contributed by atoms with van der Waals surface area (Å²) < 4.78 is 14.4. The Morgan fingerprint density at radius 1 is 1.29 bits per heavy atom. The molecule has 5 heteroatoms. The Balaban J connectivity index is 2.65. The number of benzene rings is 1. The summed E-state index contributed by atoms with van der Waals surface area (Å²) in [7, 11) is 0. The lowest BCUT2D eigenvalue weighted by Crippen LogP contribution is -2.07. The lowest BCUT2D eigenvalue weighted by molar-refractivity contribution is 0.627. The van der Waals surface area contributed by atoms with Gasteiger partial charge in [-0.1, -0.05) is 19.9 Å². The van der Waals surface area contributed by atoms with Gasteiger partial charge in [0.1, 0.15) is 11.6 Å². The van der Waals surface area contributed by atoms with Crippen molar-refractivity contribution in [1.29, 1.82) is 0 Å². The van der Waals surface area contributed by atoms with Crippen LogP contribution < -0.4 is 5.32 Å². The zero-order chi connectivity index (χ0) is 15.6. The minimum absolute atomic E-state index is 0.243. The van der Waals surface area contributed by atoms with Crippen molar-refractivity contribution in [1.82, 2.24) is 9.97 Å². The van der Waals surface area contributed by atoms with Crippen LogP contribution in [-0.4, -0.2) is 16.5 Å². The van der Waals surface area contributed by atoms with Crippen molar-refractivity contribution in [2.24, 2.45) is 0 Å². The normalized spacial score (nSPS) is 11.0. The SMILES string of the molecule is CCNc1nc(-c2cc(F)ccc2C)nc(C(C)C)c1Br. The molecule has 1 heterocycles. The first-order chi connectivity index (χ1) is 9.93. The highest BCUT2D eigenvalue weighted by molar-refractivity contribution is 9.10. The van der Waals surface area contributed by atoms with E-state index in [4.69, 9.17) is 0 Å². The van der Waals surface area contributed by atoms with Crippen molar-refractivity contribution in [3.05, 3.63) is 39.7 Å². The predicted octanol–water partition coefficient (Wildman–Crippen LogP) is 4.91. The van der Waals surface area contributed by atoms with Gasteiger partial charge in [-0.2, -0.15) is 0 Å². The molecular weight excluding hydrogens is 333 g/mol. The maximum atomic E-state index is 13.5. The monoisotopic (exact) mass is 351 g/mol. The first-order valence-corrected chi connectivity index (χ1v) is 7.81. The van der Waals surface area contributed by atoms with E-state index in [0.29, 0.717) is 5.82 Å². The summed E-state index contributed by atoms with van der Waals surface area (Å²) in [6.45, 7) is 8.85. The topological polar surface area (TPSA) is 37.8 Å². The lowest BCUT2D eigenvalue weighted by Gasteiger charge is -2.15. The average molecular weight is 352 g/mol. The van der Waals surface area contributed by atoms with Crippen LogP contribution in [0.3, 0.4) is 0 Å².